The number of nitrogens with zero attached hydrogens (tertiary/aromatic N) is 2. The van der Waals surface area contributed by atoms with Gasteiger partial charge in [-0.15, -0.1) is 0 Å². The van der Waals surface area contributed by atoms with Crippen LogP contribution in [0.1, 0.15) is 35.8 Å². The number of fused-ring (bicyclic) bond motifs is 2. The molecule has 0 radical (unpaired) electrons. The third-order valence-corrected chi connectivity index (χ3v) is 6.66. The summed E-state index contributed by atoms with van der Waals surface area (Å²) < 4.78 is 14.2. The monoisotopic (exact) mass is 402 g/mol. The summed E-state index contributed by atoms with van der Waals surface area (Å²) in [7, 11) is 1.71. The Balaban J connectivity index is 1.22. The molecule has 1 saturated heterocycles. The second-order valence-corrected chi connectivity index (χ2v) is 8.48. The number of hydrogen-bond donors (Lipinski definition) is 0. The van der Waals surface area contributed by atoms with E-state index in [1.165, 1.54) is 29.7 Å². The fourth-order valence-corrected chi connectivity index (χ4v) is 4.86. The highest BCUT2D eigenvalue weighted by molar-refractivity contribution is 5.36. The molecular weight excluding hydrogens is 372 g/mol. The zero-order valence-corrected chi connectivity index (χ0v) is 17.7. The number of methoxy groups -OCH3 is 1. The summed E-state index contributed by atoms with van der Waals surface area (Å²) in [6.45, 7) is 4.30. The lowest BCUT2D eigenvalue weighted by molar-refractivity contribution is 0.0745. The van der Waals surface area contributed by atoms with Crippen LogP contribution in [0.4, 0.5) is 0 Å². The summed E-state index contributed by atoms with van der Waals surface area (Å²) >= 11 is 0. The van der Waals surface area contributed by atoms with Crippen molar-refractivity contribution in [3.63, 3.8) is 0 Å². The van der Waals surface area contributed by atoms with E-state index in [2.05, 4.69) is 76.3 Å². The van der Waals surface area contributed by atoms with Crippen LogP contribution in [-0.4, -0.2) is 36.2 Å². The van der Waals surface area contributed by atoms with Crippen LogP contribution in [-0.2, 0) is 13.0 Å². The molecule has 2 aromatic carbocycles. The SMILES string of the molecule is COc1ccc(CCN2CCC(C3Oc4ccccc4Cn4cccc43)CC2)cc1. The van der Waals surface area contributed by atoms with Crippen molar-refractivity contribution in [1.82, 2.24) is 9.47 Å². The van der Waals surface area contributed by atoms with Gasteiger partial charge in [0.25, 0.3) is 0 Å². The lowest BCUT2D eigenvalue weighted by Gasteiger charge is -2.36. The first-order valence-electron chi connectivity index (χ1n) is 11.0. The van der Waals surface area contributed by atoms with Gasteiger partial charge in [-0.1, -0.05) is 30.3 Å². The number of benzene rings is 2. The quantitative estimate of drug-likeness (QED) is 0.605. The normalized spacial score (nSPS) is 19.4. The molecule has 4 nitrogen and oxygen atoms in total. The highest BCUT2D eigenvalue weighted by Gasteiger charge is 2.32. The summed E-state index contributed by atoms with van der Waals surface area (Å²) in [4.78, 5) is 2.60. The molecule has 1 atom stereocenters. The first-order valence-corrected chi connectivity index (χ1v) is 11.0. The third-order valence-electron chi connectivity index (χ3n) is 6.66. The van der Waals surface area contributed by atoms with E-state index in [0.717, 1.165) is 44.1 Å². The first-order chi connectivity index (χ1) is 14.8. The van der Waals surface area contributed by atoms with E-state index >= 15 is 0 Å². The van der Waals surface area contributed by atoms with E-state index in [0.29, 0.717) is 5.92 Å². The predicted octanol–water partition coefficient (Wildman–Crippen LogP) is 4.93. The molecule has 0 aliphatic carbocycles. The molecule has 3 aromatic rings. The Morgan fingerprint density at radius 2 is 1.77 bits per heavy atom. The van der Waals surface area contributed by atoms with Crippen molar-refractivity contribution in [2.45, 2.75) is 31.9 Å². The van der Waals surface area contributed by atoms with E-state index in [-0.39, 0.29) is 6.10 Å². The van der Waals surface area contributed by atoms with E-state index in [1.807, 2.05) is 0 Å². The lowest BCUT2D eigenvalue weighted by atomic mass is 9.89. The molecule has 1 aromatic heterocycles. The van der Waals surface area contributed by atoms with Gasteiger partial charge in [0.15, 0.2) is 0 Å². The van der Waals surface area contributed by atoms with Crippen molar-refractivity contribution in [3.05, 3.63) is 83.7 Å². The van der Waals surface area contributed by atoms with E-state index in [9.17, 15) is 0 Å². The molecular formula is C26H30N2O2. The van der Waals surface area contributed by atoms with E-state index in [1.54, 1.807) is 7.11 Å². The van der Waals surface area contributed by atoms with Crippen molar-refractivity contribution >= 4 is 0 Å². The first kappa shape index (κ1) is 19.3. The Morgan fingerprint density at radius 1 is 0.967 bits per heavy atom. The number of ether oxygens (including phenoxy) is 2. The van der Waals surface area contributed by atoms with Crippen LogP contribution in [0.15, 0.2) is 66.9 Å². The molecule has 0 N–H and O–H groups in total. The summed E-state index contributed by atoms with van der Waals surface area (Å²) in [6.07, 6.45) is 5.79. The zero-order chi connectivity index (χ0) is 20.3. The van der Waals surface area contributed by atoms with Gasteiger partial charge in [0.1, 0.15) is 17.6 Å². The largest absolute Gasteiger partial charge is 0.497 e. The lowest BCUT2D eigenvalue weighted by Crippen LogP contribution is -2.38. The fraction of sp³-hybridized carbons (Fsp3) is 0.385. The summed E-state index contributed by atoms with van der Waals surface area (Å²) in [5, 5.41) is 0. The van der Waals surface area contributed by atoms with Crippen molar-refractivity contribution < 1.29 is 9.47 Å². The topological polar surface area (TPSA) is 26.6 Å². The van der Waals surface area contributed by atoms with Gasteiger partial charge in [0.2, 0.25) is 0 Å². The molecule has 0 bridgehead atoms. The van der Waals surface area contributed by atoms with Gasteiger partial charge in [-0.25, -0.2) is 0 Å². The van der Waals surface area contributed by atoms with Gasteiger partial charge in [-0.2, -0.15) is 0 Å². The van der Waals surface area contributed by atoms with Gasteiger partial charge < -0.3 is 18.9 Å². The third kappa shape index (κ3) is 3.97. The fourth-order valence-electron chi connectivity index (χ4n) is 4.86. The maximum absolute atomic E-state index is 6.62. The highest BCUT2D eigenvalue weighted by atomic mass is 16.5. The standard InChI is InChI=1S/C26H30N2O2/c1-29-23-10-8-20(9-11-23)12-16-27-17-13-21(14-18-27)26-24-6-4-15-28(24)19-22-5-2-3-7-25(22)30-26/h2-11,15,21,26H,12-14,16-19H2,1H3. The Labute approximate surface area is 179 Å². The molecule has 5 rings (SSSR count). The number of para-hydroxylation sites is 1. The zero-order valence-electron chi connectivity index (χ0n) is 17.7. The van der Waals surface area contributed by atoms with Crippen LogP contribution < -0.4 is 9.47 Å². The molecule has 0 saturated carbocycles. The maximum Gasteiger partial charge on any atom is 0.141 e. The molecule has 0 spiro atoms. The van der Waals surface area contributed by atoms with E-state index in [4.69, 9.17) is 9.47 Å². The van der Waals surface area contributed by atoms with Crippen molar-refractivity contribution in [3.8, 4) is 11.5 Å². The average molecular weight is 403 g/mol. The minimum absolute atomic E-state index is 0.146. The molecule has 30 heavy (non-hydrogen) atoms. The molecule has 2 aliphatic rings. The minimum atomic E-state index is 0.146. The Kier molecular flexibility index (Phi) is 5.50. The van der Waals surface area contributed by atoms with Crippen LogP contribution in [0.3, 0.4) is 0 Å². The van der Waals surface area contributed by atoms with Crippen LogP contribution in [0, 0.1) is 5.92 Å². The highest BCUT2D eigenvalue weighted by Crippen LogP contribution is 2.39. The molecule has 156 valence electrons. The number of hydrogen-bond acceptors (Lipinski definition) is 3. The summed E-state index contributed by atoms with van der Waals surface area (Å²) in [5.41, 5.74) is 3.97. The molecule has 1 unspecified atom stereocenters. The Bertz CT molecular complexity index is 971. The van der Waals surface area contributed by atoms with Gasteiger partial charge >= 0.3 is 0 Å². The smallest absolute Gasteiger partial charge is 0.141 e. The van der Waals surface area contributed by atoms with Gasteiger partial charge in [0.05, 0.1) is 19.3 Å². The molecule has 1 fully saturated rings. The van der Waals surface area contributed by atoms with Gasteiger partial charge in [0, 0.05) is 24.2 Å². The van der Waals surface area contributed by atoms with Crippen LogP contribution in [0.5, 0.6) is 11.5 Å². The van der Waals surface area contributed by atoms with Crippen molar-refractivity contribution in [2.75, 3.05) is 26.7 Å². The second-order valence-electron chi connectivity index (χ2n) is 8.48. The van der Waals surface area contributed by atoms with Crippen molar-refractivity contribution in [2.24, 2.45) is 5.92 Å². The molecule has 3 heterocycles. The summed E-state index contributed by atoms with van der Waals surface area (Å²) in [6, 6.07) is 21.4. The van der Waals surface area contributed by atoms with Crippen LogP contribution in [0.2, 0.25) is 0 Å². The van der Waals surface area contributed by atoms with Gasteiger partial charge in [-0.05, 0) is 68.2 Å². The summed E-state index contributed by atoms with van der Waals surface area (Å²) in [5.74, 6) is 2.53. The molecule has 0 amide bonds. The maximum atomic E-state index is 6.62. The van der Waals surface area contributed by atoms with E-state index < -0.39 is 0 Å². The second kappa shape index (κ2) is 8.57. The minimum Gasteiger partial charge on any atom is -0.497 e. The number of aromatic nitrogens is 1. The van der Waals surface area contributed by atoms with Crippen LogP contribution >= 0.6 is 0 Å². The number of likely N-dealkylation sites (tertiary alicyclic amines) is 1. The number of piperidine rings is 1. The predicted molar refractivity (Wildman–Crippen MR) is 119 cm³/mol. The molecule has 4 heteroatoms. The van der Waals surface area contributed by atoms with Gasteiger partial charge in [-0.3, -0.25) is 0 Å². The Hall–Kier alpha value is -2.72. The number of rotatable bonds is 5. The Morgan fingerprint density at radius 3 is 2.57 bits per heavy atom. The average Bonchev–Trinajstić information content (AvgIpc) is 3.19. The molecule has 2 aliphatic heterocycles. The van der Waals surface area contributed by atoms with Crippen LogP contribution in [0.25, 0.3) is 0 Å². The van der Waals surface area contributed by atoms with Crippen molar-refractivity contribution in [1.29, 1.82) is 0 Å².